The molecule has 144 heavy (non-hydrogen) atoms. The first-order chi connectivity index (χ1) is 63.5. The van der Waals surface area contributed by atoms with E-state index in [4.69, 9.17) is 50.8 Å². The zero-order valence-corrected chi connectivity index (χ0v) is 95.2. The molecule has 7 atom stereocenters. The predicted octanol–water partition coefficient (Wildman–Crippen LogP) is 13.8. The minimum Gasteiger partial charge on any atom is -0.481 e. The Kier molecular flexibility index (Phi) is 98.4. The van der Waals surface area contributed by atoms with E-state index < -0.39 is 103 Å². The predicted molar refractivity (Wildman–Crippen MR) is 617 cm³/mol. The fraction of sp³-hybridized carbons (Fsp3) is 0.474. The van der Waals surface area contributed by atoms with Gasteiger partial charge in [-0.1, -0.05) is 237 Å². The summed E-state index contributed by atoms with van der Waals surface area (Å²) in [5.74, 6) is -8.46. The van der Waals surface area contributed by atoms with E-state index in [0.717, 1.165) is 77.7 Å². The number of ketones is 2. The van der Waals surface area contributed by atoms with Gasteiger partial charge in [0.25, 0.3) is 0 Å². The summed E-state index contributed by atoms with van der Waals surface area (Å²) in [4.78, 5) is 166. The number of nitrogens with one attached hydrogen (secondary N) is 5. The van der Waals surface area contributed by atoms with E-state index in [0.29, 0.717) is 0 Å². The number of alkyl carbamates (subject to hydrolysis) is 2. The summed E-state index contributed by atoms with van der Waals surface area (Å²) in [6.45, 7) is 24.1. The molecule has 0 bridgehead atoms. The van der Waals surface area contributed by atoms with Crippen molar-refractivity contribution in [2.24, 2.45) is 58.8 Å². The van der Waals surface area contributed by atoms with Gasteiger partial charge in [0, 0.05) is 134 Å². The van der Waals surface area contributed by atoms with Crippen LogP contribution in [0.3, 0.4) is 0 Å². The Hall–Kier alpha value is -8.56. The van der Waals surface area contributed by atoms with Crippen LogP contribution in [0.15, 0.2) is 146 Å². The Morgan fingerprint density at radius 3 is 0.965 bits per heavy atom. The molecule has 4 aliphatic rings. The van der Waals surface area contributed by atoms with Gasteiger partial charge < -0.3 is 91.6 Å². The van der Waals surface area contributed by atoms with Gasteiger partial charge >= 0.3 is 59.9 Å². The van der Waals surface area contributed by atoms with Crippen LogP contribution in [0.5, 0.6) is 0 Å². The Balaban J connectivity index is -0.000000158. The molecule has 6 aromatic rings. The van der Waals surface area contributed by atoms with Gasteiger partial charge in [0.2, 0.25) is 17.7 Å². The molecule has 0 unspecified atom stereocenters. The fourth-order valence-electron chi connectivity index (χ4n) is 12.7. The number of carboxylic acids is 4. The third kappa shape index (κ3) is 60.7. The Labute approximate surface area is 931 Å². The number of rotatable bonds is 32. The highest BCUT2D eigenvalue weighted by Crippen LogP contribution is 2.47. The van der Waals surface area contributed by atoms with E-state index in [9.17, 15) is 71.9 Å². The molecule has 5 amide bonds. The topological polar surface area (TPSA) is 514 Å². The van der Waals surface area contributed by atoms with Crippen LogP contribution in [0.2, 0.25) is 0 Å². The minimum absolute atomic E-state index is 0. The highest BCUT2D eigenvalue weighted by Gasteiger charge is 2.34. The van der Waals surface area contributed by atoms with Crippen molar-refractivity contribution in [3.8, 4) is 33.4 Å². The summed E-state index contributed by atoms with van der Waals surface area (Å²) in [6, 6.07) is 46.8. The molecule has 0 aromatic heterocycles. The monoisotopic (exact) mass is 2280 g/mol. The Morgan fingerprint density at radius 1 is 0.410 bits per heavy atom. The molecule has 1 fully saturated rings. The van der Waals surface area contributed by atoms with Crippen molar-refractivity contribution in [3.05, 3.63) is 179 Å². The number of benzene rings is 6. The van der Waals surface area contributed by atoms with Gasteiger partial charge in [0.05, 0.1) is 39.1 Å². The van der Waals surface area contributed by atoms with Gasteiger partial charge in [-0.2, -0.15) is 108 Å². The SMILES string of the molecule is C.C.C1CCOC1.CC(=O)OCNC(=O)[C@H](C)CC(=O)[C@@H](C)C(C)C.CC(C)[C@H](C)C(=O)C[C@@H](C)C(=O)NCC(=O)O.CC(C)[C@H](NC(=O)OCC1c2ccccc2-c2ccccc21)C(=O)O.CCl.COC(=O)CN.COC(=O)CNC(=O)[C@H](C)N.C[C@H](CC(=O)OCC1c2ccccc2-c2ccccc21)C(=O)O.O=C(O)CNC(=O)OCC1c2ccccc2-c2ccccc21.S.S.S.S.S.S.S.S.S=S.S=S=S. The van der Waals surface area contributed by atoms with E-state index in [1.165, 1.54) is 65.3 Å². The van der Waals surface area contributed by atoms with Crippen LogP contribution in [0.1, 0.15) is 188 Å². The molecule has 816 valence electrons. The van der Waals surface area contributed by atoms with E-state index in [1.54, 1.807) is 27.7 Å². The molecule has 10 rings (SSSR count). The number of carbonyl (C=O) groups excluding carboxylic acids is 11. The van der Waals surface area contributed by atoms with Gasteiger partial charge in [-0.25, -0.2) is 14.4 Å². The second-order valence-corrected chi connectivity index (χ2v) is 33.1. The van der Waals surface area contributed by atoms with Crippen molar-refractivity contribution in [3.63, 3.8) is 0 Å². The van der Waals surface area contributed by atoms with Crippen molar-refractivity contribution in [2.75, 3.05) is 86.5 Å². The van der Waals surface area contributed by atoms with Crippen LogP contribution in [-0.2, 0) is 149 Å². The quantitative estimate of drug-likeness (QED) is 0.00808. The summed E-state index contributed by atoms with van der Waals surface area (Å²) >= 11 is 20.2. The summed E-state index contributed by atoms with van der Waals surface area (Å²) < 4.78 is 33.9. The van der Waals surface area contributed by atoms with Crippen LogP contribution in [-0.4, -0.2) is 208 Å². The van der Waals surface area contributed by atoms with Crippen molar-refractivity contribution in [2.45, 2.75) is 167 Å². The number of fused-ring (bicyclic) bond motifs is 9. The van der Waals surface area contributed by atoms with Crippen LogP contribution in [0.4, 0.5) is 9.59 Å². The molecule has 3 aliphatic carbocycles. The Bertz CT molecular complexity index is 4690. The maximum Gasteiger partial charge on any atom is 0.407 e. The van der Waals surface area contributed by atoms with E-state index >= 15 is 0 Å². The van der Waals surface area contributed by atoms with E-state index in [1.807, 2.05) is 151 Å². The molecule has 1 aliphatic heterocycles. The standard InChI is InChI=1S/C20H21NO4.C19H18O4.C17H15NO4.C13H23NO4.C12H21NO4.C6H12N2O3.C4H8O.C3H7NO2.CH3Cl.2CH4.S3.S2.8H2S/c1-12(2)18(19(22)23)21-20(24)25-11-17-15-9-5-3-7-13(15)14-8-4-6-10-16(14)17;1-12(19(21)22)10-18(20)23-11-17-15-8-4-2-6-13(15)14-7-3-5-9-16(14)17;19-16(20)9-18-17(21)22-10-15-13-7-3-1-5-11(13)12-6-2-4-8-14(12)15;1-8(2)10(4)12(16)6-9(3)13(17)14-7-18-11(5)15;1-7(2)9(4)10(14)5-8(3)12(17)13-6-11(15)16;1-4(7)6(10)8-3-5(9)11-2;1-2-4-5-3-1;1-6-3(5)2-4;1-2;;;1-3-2;1-2;;;;;;;;/h3-10,12,17-18H,11H2,1-2H3,(H,21,24)(H,22,23);2-9,12,17H,10-11H2,1H3,(H,21,22);1-8,15H,9-10H2,(H,18,21)(H,19,20);8-10H,6-7H2,1-5H3,(H,14,17);7-9H,5-6H2,1-4H3,(H,13,17)(H,15,16);4H,3,7H2,1-2H3,(H,8,10);1-4H2;2,4H2,1H3;1H3;2*1H4;;;8*1H2/t18-;12-;;9-,10+;8-,9+;4-;;;;;;;;;;;;;;;/m01.110.............../s1. The number of carboxylic acid groups (broad SMARTS) is 4. The lowest BCUT2D eigenvalue weighted by Gasteiger charge is -2.19. The minimum atomic E-state index is -1.10. The zero-order chi connectivity index (χ0) is 102. The summed E-state index contributed by atoms with van der Waals surface area (Å²) in [7, 11) is 3.47. The number of Topliss-reactive ketones (excluding diaryl/α,β-unsaturated/α-hetero) is 2. The highest BCUT2D eigenvalue weighted by molar-refractivity contribution is 8.37. The lowest BCUT2D eigenvalue weighted by molar-refractivity contribution is -0.151. The first-order valence-corrected chi connectivity index (χ1v) is 47.4. The van der Waals surface area contributed by atoms with E-state index in [-0.39, 0.29) is 258 Å². The number of aliphatic carboxylic acids is 4. The van der Waals surface area contributed by atoms with Gasteiger partial charge in [-0.05, 0) is 104 Å². The van der Waals surface area contributed by atoms with Crippen LogP contribution in [0.25, 0.3) is 33.4 Å². The highest BCUT2D eigenvalue weighted by atomic mass is 35.5. The molecule has 47 heteroatoms. The summed E-state index contributed by atoms with van der Waals surface area (Å²) in [6.07, 6.45) is 2.87. The number of esters is 4. The number of halogens is 1. The largest absolute Gasteiger partial charge is 0.481 e. The molecular formula is C97H152ClN7O26S13. The van der Waals surface area contributed by atoms with Crippen LogP contribution in [0, 0.1) is 47.3 Å². The van der Waals surface area contributed by atoms with Crippen molar-refractivity contribution in [1.82, 2.24) is 26.6 Å². The van der Waals surface area contributed by atoms with Gasteiger partial charge in [0.1, 0.15) is 57.1 Å². The van der Waals surface area contributed by atoms with Gasteiger partial charge in [-0.15, -0.1) is 11.6 Å². The van der Waals surface area contributed by atoms with Gasteiger partial charge in [0.15, 0.2) is 6.73 Å². The molecule has 0 spiro atoms. The number of amides is 5. The van der Waals surface area contributed by atoms with Gasteiger partial charge in [-0.3, -0.25) is 57.5 Å². The number of methoxy groups -OCH3 is 2. The molecule has 13 N–H and O–H groups in total. The third-order valence-electron chi connectivity index (χ3n) is 20.7. The average molecular weight is 2280 g/mol. The first kappa shape index (κ1) is 158. The number of carbonyl (C=O) groups is 15. The molecule has 0 radical (unpaired) electrons. The summed E-state index contributed by atoms with van der Waals surface area (Å²) in [5.41, 5.74) is 23.7. The van der Waals surface area contributed by atoms with Crippen LogP contribution < -0.4 is 38.1 Å². The zero-order valence-electron chi connectivity index (χ0n) is 82.3. The maximum atomic E-state index is 12.0. The van der Waals surface area contributed by atoms with Crippen LogP contribution >= 0.6 is 120 Å². The van der Waals surface area contributed by atoms with Crippen molar-refractivity contribution >= 4 is 262 Å². The molecular weight excluding hydrogens is 2130 g/mol. The second kappa shape index (κ2) is 89.6. The number of nitrogens with two attached hydrogens (primary N) is 2. The smallest absolute Gasteiger partial charge is 0.407 e. The number of hydrogen-bond acceptors (Lipinski definition) is 28. The molecule has 1 heterocycles. The average Bonchev–Trinajstić information content (AvgIpc) is 1.63. The van der Waals surface area contributed by atoms with Crippen molar-refractivity contribution < 1.29 is 126 Å². The Morgan fingerprint density at radius 2 is 0.708 bits per heavy atom. The lowest BCUT2D eigenvalue weighted by Crippen LogP contribution is -2.44. The normalized spacial score (nSPS) is 12.2. The molecule has 0 saturated carbocycles. The fourth-order valence-corrected chi connectivity index (χ4v) is 12.7. The first-order valence-electron chi connectivity index (χ1n) is 42.6. The number of alkyl halides is 1. The maximum absolute atomic E-state index is 12.0. The number of ether oxygens (including phenoxy) is 7. The third-order valence-corrected chi connectivity index (χ3v) is 20.7. The molecule has 1 saturated heterocycles. The van der Waals surface area contributed by atoms with E-state index in [2.05, 4.69) is 134 Å². The molecule has 6 aromatic carbocycles. The lowest BCUT2D eigenvalue weighted by atomic mass is 9.88. The molecule has 33 nitrogen and oxygen atoms in total. The van der Waals surface area contributed by atoms with Crippen molar-refractivity contribution in [1.29, 1.82) is 0 Å². The number of hydrogen-bond donors (Lipinski definition) is 11. The summed E-state index contributed by atoms with van der Waals surface area (Å²) in [5, 5.41) is 46.6. The second-order valence-electron chi connectivity index (χ2n) is 31.3.